The van der Waals surface area contributed by atoms with E-state index in [2.05, 4.69) is 17.2 Å². The second kappa shape index (κ2) is 6.83. The fourth-order valence-electron chi connectivity index (χ4n) is 2.81. The number of aliphatic hydroxyl groups excluding tert-OH is 1. The van der Waals surface area contributed by atoms with E-state index in [1.165, 1.54) is 5.56 Å². The Morgan fingerprint density at radius 1 is 1.40 bits per heavy atom. The van der Waals surface area contributed by atoms with Crippen LogP contribution in [0.25, 0.3) is 0 Å². The number of likely N-dealkylation sites (tertiary alicyclic amines) is 1. The monoisotopic (exact) mass is 277 g/mol. The van der Waals surface area contributed by atoms with Crippen LogP contribution in [0.15, 0.2) is 24.3 Å². The van der Waals surface area contributed by atoms with Gasteiger partial charge in [0.15, 0.2) is 0 Å². The highest BCUT2D eigenvalue weighted by Gasteiger charge is 2.30. The fourth-order valence-corrected chi connectivity index (χ4v) is 2.81. The van der Waals surface area contributed by atoms with Crippen LogP contribution in [0, 0.1) is 5.92 Å². The first kappa shape index (κ1) is 15.0. The first-order valence-electron chi connectivity index (χ1n) is 7.06. The van der Waals surface area contributed by atoms with Crippen molar-refractivity contribution in [2.75, 3.05) is 13.2 Å². The van der Waals surface area contributed by atoms with Crippen molar-refractivity contribution in [3.8, 4) is 0 Å². The van der Waals surface area contributed by atoms with Crippen LogP contribution in [0.5, 0.6) is 0 Å². The second-order valence-corrected chi connectivity index (χ2v) is 5.55. The van der Waals surface area contributed by atoms with Crippen molar-refractivity contribution in [2.24, 2.45) is 11.8 Å². The Balaban J connectivity index is 1.95. The van der Waals surface area contributed by atoms with Crippen molar-refractivity contribution >= 4 is 5.91 Å². The number of carbonyl (C=O) groups is 1. The molecule has 5 nitrogen and oxygen atoms in total. The largest absolute Gasteiger partial charge is 0.395 e. The average molecular weight is 277 g/mol. The third kappa shape index (κ3) is 3.56. The summed E-state index contributed by atoms with van der Waals surface area (Å²) in [6.45, 7) is 4.29. The molecule has 2 rings (SSSR count). The zero-order valence-electron chi connectivity index (χ0n) is 11.9. The smallest absolute Gasteiger partial charge is 0.238 e. The lowest BCUT2D eigenvalue weighted by molar-refractivity contribution is -0.120. The van der Waals surface area contributed by atoms with Gasteiger partial charge in [-0.2, -0.15) is 0 Å². The molecule has 0 spiro atoms. The number of hydrogen-bond acceptors (Lipinski definition) is 4. The maximum absolute atomic E-state index is 11.2. The molecule has 2 unspecified atom stereocenters. The minimum atomic E-state index is -0.188. The van der Waals surface area contributed by atoms with Crippen molar-refractivity contribution < 1.29 is 9.90 Å². The fraction of sp³-hybridized carbons (Fsp3) is 0.533. The number of nitrogens with one attached hydrogen (secondary N) is 1. The number of amides is 1. The number of rotatable bonds is 5. The zero-order valence-corrected chi connectivity index (χ0v) is 11.9. The van der Waals surface area contributed by atoms with Crippen molar-refractivity contribution in [3.05, 3.63) is 35.4 Å². The number of hydrogen-bond donors (Lipinski definition) is 3. The molecule has 1 fully saturated rings. The lowest BCUT2D eigenvalue weighted by Crippen LogP contribution is -2.34. The normalized spacial score (nSPS) is 22.9. The van der Waals surface area contributed by atoms with Crippen LogP contribution in [0.3, 0.4) is 0 Å². The highest BCUT2D eigenvalue weighted by molar-refractivity contribution is 5.77. The first-order valence-corrected chi connectivity index (χ1v) is 7.06. The molecule has 110 valence electrons. The van der Waals surface area contributed by atoms with E-state index in [0.717, 1.165) is 25.1 Å². The first-order chi connectivity index (χ1) is 9.63. The molecule has 2 atom stereocenters. The summed E-state index contributed by atoms with van der Waals surface area (Å²) in [4.78, 5) is 13.5. The summed E-state index contributed by atoms with van der Waals surface area (Å²) in [5.41, 5.74) is 4.28. The molecule has 0 bridgehead atoms. The molecule has 1 amide bonds. The Morgan fingerprint density at radius 3 is 2.65 bits per heavy atom. The Labute approximate surface area is 119 Å². The summed E-state index contributed by atoms with van der Waals surface area (Å²) < 4.78 is 0. The summed E-state index contributed by atoms with van der Waals surface area (Å²) in [6, 6.07) is 8.25. The van der Waals surface area contributed by atoms with E-state index in [-0.39, 0.29) is 18.6 Å². The maximum Gasteiger partial charge on any atom is 0.238 e. The SMILES string of the molecule is CC1CCN(Cc2ccc(CC(=O)NN)cc2)C1CO. The van der Waals surface area contributed by atoms with Crippen LogP contribution in [0.1, 0.15) is 24.5 Å². The van der Waals surface area contributed by atoms with Gasteiger partial charge in [-0.15, -0.1) is 0 Å². The Kier molecular flexibility index (Phi) is 5.11. The Morgan fingerprint density at radius 2 is 2.05 bits per heavy atom. The highest BCUT2D eigenvalue weighted by Crippen LogP contribution is 2.25. The molecular formula is C15H23N3O2. The van der Waals surface area contributed by atoms with Gasteiger partial charge >= 0.3 is 0 Å². The average Bonchev–Trinajstić information content (AvgIpc) is 2.81. The van der Waals surface area contributed by atoms with Crippen molar-refractivity contribution in [1.29, 1.82) is 0 Å². The summed E-state index contributed by atoms with van der Waals surface area (Å²) >= 11 is 0. The molecule has 0 aliphatic carbocycles. The van der Waals surface area contributed by atoms with Crippen LogP contribution in [0.4, 0.5) is 0 Å². The predicted octanol–water partition coefficient (Wildman–Crippen LogP) is 0.422. The summed E-state index contributed by atoms with van der Waals surface area (Å²) in [5, 5.41) is 9.46. The number of benzene rings is 1. The molecule has 1 heterocycles. The molecule has 1 saturated heterocycles. The van der Waals surface area contributed by atoms with Gasteiger partial charge in [-0.1, -0.05) is 31.2 Å². The third-order valence-electron chi connectivity index (χ3n) is 4.12. The van der Waals surface area contributed by atoms with Gasteiger partial charge in [-0.3, -0.25) is 15.1 Å². The molecule has 1 aromatic rings. The minimum absolute atomic E-state index is 0.188. The Hall–Kier alpha value is -1.43. The molecular weight excluding hydrogens is 254 g/mol. The summed E-state index contributed by atoms with van der Waals surface area (Å²) in [5.74, 6) is 5.43. The molecule has 0 saturated carbocycles. The molecule has 1 aliphatic rings. The van der Waals surface area contributed by atoms with Crippen LogP contribution < -0.4 is 11.3 Å². The number of nitrogens with two attached hydrogens (primary N) is 1. The van der Waals surface area contributed by atoms with Gasteiger partial charge in [0.25, 0.3) is 0 Å². The predicted molar refractivity (Wildman–Crippen MR) is 77.5 cm³/mol. The van der Waals surface area contributed by atoms with Gasteiger partial charge in [0.1, 0.15) is 0 Å². The Bertz CT molecular complexity index is 447. The van der Waals surface area contributed by atoms with Gasteiger partial charge in [0.05, 0.1) is 13.0 Å². The lowest BCUT2D eigenvalue weighted by atomic mass is 10.0. The van der Waals surface area contributed by atoms with Crippen LogP contribution in [-0.4, -0.2) is 35.1 Å². The van der Waals surface area contributed by atoms with Crippen molar-refractivity contribution in [3.63, 3.8) is 0 Å². The second-order valence-electron chi connectivity index (χ2n) is 5.55. The molecule has 5 heteroatoms. The summed E-state index contributed by atoms with van der Waals surface area (Å²) in [6.07, 6.45) is 1.44. The number of nitrogens with zero attached hydrogens (tertiary/aromatic N) is 1. The molecule has 0 aromatic heterocycles. The van der Waals surface area contributed by atoms with Crippen molar-refractivity contribution in [2.45, 2.75) is 32.4 Å². The lowest BCUT2D eigenvalue weighted by Gasteiger charge is -2.25. The molecule has 0 radical (unpaired) electrons. The quantitative estimate of drug-likeness (QED) is 0.414. The zero-order chi connectivity index (χ0) is 14.5. The van der Waals surface area contributed by atoms with Crippen LogP contribution in [0.2, 0.25) is 0 Å². The third-order valence-corrected chi connectivity index (χ3v) is 4.12. The van der Waals surface area contributed by atoms with E-state index in [0.29, 0.717) is 12.3 Å². The number of hydrazine groups is 1. The number of aliphatic hydroxyl groups is 1. The highest BCUT2D eigenvalue weighted by atomic mass is 16.3. The van der Waals surface area contributed by atoms with E-state index in [4.69, 9.17) is 5.84 Å². The van der Waals surface area contributed by atoms with Gasteiger partial charge < -0.3 is 5.11 Å². The topological polar surface area (TPSA) is 78.6 Å². The van der Waals surface area contributed by atoms with Crippen LogP contribution in [-0.2, 0) is 17.8 Å². The minimum Gasteiger partial charge on any atom is -0.395 e. The van der Waals surface area contributed by atoms with E-state index in [9.17, 15) is 9.90 Å². The maximum atomic E-state index is 11.2. The van der Waals surface area contributed by atoms with Crippen molar-refractivity contribution in [1.82, 2.24) is 10.3 Å². The van der Waals surface area contributed by atoms with E-state index in [1.807, 2.05) is 24.3 Å². The standard InChI is InChI=1S/C15H23N3O2/c1-11-6-7-18(14(11)10-19)9-13-4-2-12(3-5-13)8-15(20)17-16/h2-5,11,14,19H,6-10,16H2,1H3,(H,17,20). The van der Waals surface area contributed by atoms with Gasteiger partial charge in [-0.25, -0.2) is 5.84 Å². The number of carbonyl (C=O) groups excluding carboxylic acids is 1. The summed E-state index contributed by atoms with van der Waals surface area (Å²) in [7, 11) is 0. The van der Waals surface area contributed by atoms with Gasteiger partial charge in [0, 0.05) is 12.6 Å². The van der Waals surface area contributed by atoms with Gasteiger partial charge in [-0.05, 0) is 30.0 Å². The van der Waals surface area contributed by atoms with E-state index < -0.39 is 0 Å². The van der Waals surface area contributed by atoms with E-state index >= 15 is 0 Å². The molecule has 20 heavy (non-hydrogen) atoms. The molecule has 4 N–H and O–H groups in total. The van der Waals surface area contributed by atoms with Gasteiger partial charge in [0.2, 0.25) is 5.91 Å². The van der Waals surface area contributed by atoms with E-state index in [1.54, 1.807) is 0 Å². The molecule has 1 aromatic carbocycles. The molecule has 1 aliphatic heterocycles. The van der Waals surface area contributed by atoms with Crippen LogP contribution >= 0.6 is 0 Å².